The van der Waals surface area contributed by atoms with Crippen LogP contribution in [0, 0.1) is 0 Å². The lowest BCUT2D eigenvalue weighted by Gasteiger charge is -2.22. The highest BCUT2D eigenvalue weighted by molar-refractivity contribution is 6.07. The molecule has 21 heavy (non-hydrogen) atoms. The molecular formula is C17H19N3O. The van der Waals surface area contributed by atoms with Crippen LogP contribution in [0.4, 0.5) is 11.4 Å². The number of nitrogen functional groups attached to an aromatic ring is 1. The van der Waals surface area contributed by atoms with Crippen LogP contribution in [-0.2, 0) is 6.54 Å². The molecule has 0 fully saturated rings. The van der Waals surface area contributed by atoms with Gasteiger partial charge in [0.05, 0.1) is 0 Å². The molecule has 2 aromatic carbocycles. The van der Waals surface area contributed by atoms with Crippen LogP contribution in [0.15, 0.2) is 48.5 Å². The molecule has 4 nitrogen and oxygen atoms in total. The van der Waals surface area contributed by atoms with E-state index in [-0.39, 0.29) is 5.91 Å². The fraction of sp³-hybridized carbons (Fsp3) is 0.235. The molecule has 0 saturated carbocycles. The van der Waals surface area contributed by atoms with Gasteiger partial charge in [0.15, 0.2) is 0 Å². The molecule has 4 heteroatoms. The molecule has 1 heterocycles. The molecule has 0 spiro atoms. The van der Waals surface area contributed by atoms with Gasteiger partial charge in [-0.2, -0.15) is 0 Å². The predicted octanol–water partition coefficient (Wildman–Crippen LogP) is 2.36. The van der Waals surface area contributed by atoms with Gasteiger partial charge in [0.1, 0.15) is 0 Å². The van der Waals surface area contributed by atoms with Crippen LogP contribution in [0.1, 0.15) is 15.9 Å². The summed E-state index contributed by atoms with van der Waals surface area (Å²) in [5, 5.41) is 0. The third-order valence-electron chi connectivity index (χ3n) is 3.81. The molecule has 0 aromatic heterocycles. The maximum absolute atomic E-state index is 12.8. The Hall–Kier alpha value is -2.33. The maximum atomic E-state index is 12.8. The molecule has 2 aromatic rings. The maximum Gasteiger partial charge on any atom is 0.258 e. The van der Waals surface area contributed by atoms with Gasteiger partial charge >= 0.3 is 0 Å². The van der Waals surface area contributed by atoms with Crippen LogP contribution < -0.4 is 10.6 Å². The van der Waals surface area contributed by atoms with Gasteiger partial charge in [-0.25, -0.2) is 0 Å². The third-order valence-corrected chi connectivity index (χ3v) is 3.81. The number of carbonyl (C=O) groups excluding carboxylic acids is 1. The number of anilines is 2. The number of hydrogen-bond donors (Lipinski definition) is 1. The molecule has 108 valence electrons. The predicted molar refractivity (Wildman–Crippen MR) is 85.3 cm³/mol. The van der Waals surface area contributed by atoms with Gasteiger partial charge in [-0.15, -0.1) is 0 Å². The van der Waals surface area contributed by atoms with Crippen molar-refractivity contribution in [3.63, 3.8) is 0 Å². The Bertz CT molecular complexity index is 669. The van der Waals surface area contributed by atoms with E-state index in [1.54, 1.807) is 12.1 Å². The van der Waals surface area contributed by atoms with Crippen molar-refractivity contribution in [2.45, 2.75) is 6.54 Å². The largest absolute Gasteiger partial charge is 0.399 e. The molecule has 0 aliphatic carbocycles. The van der Waals surface area contributed by atoms with Crippen molar-refractivity contribution < 1.29 is 4.79 Å². The number of nitrogens with two attached hydrogens (primary N) is 1. The van der Waals surface area contributed by atoms with E-state index in [1.807, 2.05) is 35.2 Å². The van der Waals surface area contributed by atoms with E-state index in [9.17, 15) is 4.79 Å². The number of fused-ring (bicyclic) bond motifs is 1. The van der Waals surface area contributed by atoms with Crippen LogP contribution in [-0.4, -0.2) is 30.9 Å². The van der Waals surface area contributed by atoms with Gasteiger partial charge in [0.2, 0.25) is 0 Å². The number of likely N-dealkylation sites (N-methyl/N-ethyl adjacent to an activating group) is 1. The summed E-state index contributed by atoms with van der Waals surface area (Å²) < 4.78 is 0. The summed E-state index contributed by atoms with van der Waals surface area (Å²) in [5.41, 5.74) is 9.21. The monoisotopic (exact) mass is 281 g/mol. The minimum Gasteiger partial charge on any atom is -0.399 e. The van der Waals surface area contributed by atoms with Crippen molar-refractivity contribution in [1.82, 2.24) is 4.90 Å². The second-order valence-electron chi connectivity index (χ2n) is 5.45. The van der Waals surface area contributed by atoms with Gasteiger partial charge in [-0.3, -0.25) is 4.79 Å². The molecule has 0 radical (unpaired) electrons. The highest BCUT2D eigenvalue weighted by Crippen LogP contribution is 2.26. The Morgan fingerprint density at radius 1 is 1.10 bits per heavy atom. The van der Waals surface area contributed by atoms with E-state index >= 15 is 0 Å². The van der Waals surface area contributed by atoms with Crippen molar-refractivity contribution in [2.75, 3.05) is 30.8 Å². The number of para-hydroxylation sites is 1. The summed E-state index contributed by atoms with van der Waals surface area (Å²) in [6.07, 6.45) is 0. The standard InChI is InChI=1S/C17H19N3O/c1-19-9-10-20(16-8-3-2-5-14(16)12-19)17(21)13-6-4-7-15(18)11-13/h2-8,11H,9-10,12,18H2,1H3. The number of hydrogen-bond acceptors (Lipinski definition) is 3. The number of benzene rings is 2. The van der Waals surface area contributed by atoms with Crippen LogP contribution >= 0.6 is 0 Å². The lowest BCUT2D eigenvalue weighted by Crippen LogP contribution is -2.35. The molecule has 1 aliphatic rings. The van der Waals surface area contributed by atoms with Crippen LogP contribution in [0.5, 0.6) is 0 Å². The van der Waals surface area contributed by atoms with Gasteiger partial charge < -0.3 is 15.5 Å². The second kappa shape index (κ2) is 5.58. The van der Waals surface area contributed by atoms with Crippen molar-refractivity contribution in [2.24, 2.45) is 0 Å². The molecule has 0 bridgehead atoms. The lowest BCUT2D eigenvalue weighted by molar-refractivity contribution is 0.0986. The number of nitrogens with zero attached hydrogens (tertiary/aromatic N) is 2. The average molecular weight is 281 g/mol. The zero-order chi connectivity index (χ0) is 14.8. The second-order valence-corrected chi connectivity index (χ2v) is 5.45. The molecule has 0 atom stereocenters. The highest BCUT2D eigenvalue weighted by atomic mass is 16.2. The SMILES string of the molecule is CN1CCN(C(=O)c2cccc(N)c2)c2ccccc2C1. The summed E-state index contributed by atoms with van der Waals surface area (Å²) >= 11 is 0. The molecule has 1 amide bonds. The summed E-state index contributed by atoms with van der Waals surface area (Å²) in [4.78, 5) is 16.9. The summed E-state index contributed by atoms with van der Waals surface area (Å²) in [6, 6.07) is 15.2. The number of amides is 1. The molecule has 2 N–H and O–H groups in total. The first-order chi connectivity index (χ1) is 10.1. The van der Waals surface area contributed by atoms with E-state index in [0.29, 0.717) is 17.8 Å². The molecule has 0 unspecified atom stereocenters. The zero-order valence-electron chi connectivity index (χ0n) is 12.1. The number of carbonyl (C=O) groups is 1. The molecule has 3 rings (SSSR count). The van der Waals surface area contributed by atoms with Crippen molar-refractivity contribution in [3.05, 3.63) is 59.7 Å². The van der Waals surface area contributed by atoms with Crippen LogP contribution in [0.25, 0.3) is 0 Å². The van der Waals surface area contributed by atoms with Gasteiger partial charge in [0.25, 0.3) is 5.91 Å². The first-order valence-electron chi connectivity index (χ1n) is 7.09. The van der Waals surface area contributed by atoms with Crippen LogP contribution in [0.3, 0.4) is 0 Å². The zero-order valence-corrected chi connectivity index (χ0v) is 12.1. The normalized spacial score (nSPS) is 15.4. The fourth-order valence-corrected chi connectivity index (χ4v) is 2.71. The molecule has 0 saturated heterocycles. The smallest absolute Gasteiger partial charge is 0.258 e. The Balaban J connectivity index is 2.00. The molecular weight excluding hydrogens is 262 g/mol. The van der Waals surface area contributed by atoms with E-state index in [0.717, 1.165) is 18.8 Å². The Morgan fingerprint density at radius 3 is 2.71 bits per heavy atom. The number of rotatable bonds is 1. The van der Waals surface area contributed by atoms with Crippen molar-refractivity contribution in [1.29, 1.82) is 0 Å². The third kappa shape index (κ3) is 2.76. The van der Waals surface area contributed by atoms with E-state index in [2.05, 4.69) is 18.0 Å². The Morgan fingerprint density at radius 2 is 1.90 bits per heavy atom. The van der Waals surface area contributed by atoms with Gasteiger partial charge in [-0.05, 0) is 36.9 Å². The van der Waals surface area contributed by atoms with E-state index in [4.69, 9.17) is 5.73 Å². The molecule has 1 aliphatic heterocycles. The minimum absolute atomic E-state index is 0.00468. The fourth-order valence-electron chi connectivity index (χ4n) is 2.71. The topological polar surface area (TPSA) is 49.6 Å². The summed E-state index contributed by atoms with van der Waals surface area (Å²) in [7, 11) is 2.07. The lowest BCUT2D eigenvalue weighted by atomic mass is 10.1. The van der Waals surface area contributed by atoms with E-state index < -0.39 is 0 Å². The Kier molecular flexibility index (Phi) is 3.62. The van der Waals surface area contributed by atoms with Gasteiger partial charge in [0, 0.05) is 36.6 Å². The Labute approximate surface area is 124 Å². The quantitative estimate of drug-likeness (QED) is 0.816. The van der Waals surface area contributed by atoms with Crippen LogP contribution in [0.2, 0.25) is 0 Å². The van der Waals surface area contributed by atoms with Crippen molar-refractivity contribution >= 4 is 17.3 Å². The first-order valence-corrected chi connectivity index (χ1v) is 7.09. The van der Waals surface area contributed by atoms with Gasteiger partial charge in [-0.1, -0.05) is 24.3 Å². The first kappa shape index (κ1) is 13.6. The summed E-state index contributed by atoms with van der Waals surface area (Å²) in [6.45, 7) is 2.39. The minimum atomic E-state index is 0.00468. The highest BCUT2D eigenvalue weighted by Gasteiger charge is 2.23. The average Bonchev–Trinajstić information content (AvgIpc) is 2.65. The van der Waals surface area contributed by atoms with E-state index in [1.165, 1.54) is 5.56 Å². The van der Waals surface area contributed by atoms with Crippen molar-refractivity contribution in [3.8, 4) is 0 Å². The summed E-state index contributed by atoms with van der Waals surface area (Å²) in [5.74, 6) is 0.00468.